The lowest BCUT2D eigenvalue weighted by molar-refractivity contribution is 0.335. The summed E-state index contributed by atoms with van der Waals surface area (Å²) < 4.78 is 0. The second-order valence-electron chi connectivity index (χ2n) is 10.9. The zero-order valence-electron chi connectivity index (χ0n) is 24.2. The molecule has 0 aromatic carbocycles. The molecular weight excluding hydrogens is 408 g/mol. The molecule has 0 heterocycles. The van der Waals surface area contributed by atoms with Crippen LogP contribution in [-0.2, 0) is 0 Å². The highest BCUT2D eigenvalue weighted by molar-refractivity contribution is 5.28. The SMILES string of the molecule is C=CCC(C)C(CC=C(C)C)C(=CC=C(C)C)C(CC=C)C(CC=C(C)C)C(C)=CC=C(C)C. The third-order valence-electron chi connectivity index (χ3n) is 6.42. The van der Waals surface area contributed by atoms with Gasteiger partial charge in [-0.2, -0.15) is 0 Å². The van der Waals surface area contributed by atoms with Gasteiger partial charge < -0.3 is 0 Å². The first-order valence-corrected chi connectivity index (χ1v) is 13.1. The molecule has 0 rings (SSSR count). The summed E-state index contributed by atoms with van der Waals surface area (Å²) in [7, 11) is 0. The summed E-state index contributed by atoms with van der Waals surface area (Å²) >= 11 is 0. The van der Waals surface area contributed by atoms with E-state index in [1.807, 2.05) is 0 Å². The molecule has 0 radical (unpaired) electrons. The molecule has 0 bridgehead atoms. The highest BCUT2D eigenvalue weighted by Crippen LogP contribution is 2.41. The maximum absolute atomic E-state index is 4.19. The third-order valence-corrected chi connectivity index (χ3v) is 6.42. The van der Waals surface area contributed by atoms with Crippen molar-refractivity contribution in [3.63, 3.8) is 0 Å². The lowest BCUT2D eigenvalue weighted by Gasteiger charge is -2.36. The molecule has 0 aromatic rings. The quantitative estimate of drug-likeness (QED) is 0.168. The van der Waals surface area contributed by atoms with Crippen LogP contribution in [0.1, 0.15) is 94.9 Å². The lowest BCUT2D eigenvalue weighted by atomic mass is 9.69. The monoisotopic (exact) mass is 462 g/mol. The average Bonchev–Trinajstić information content (AvgIpc) is 2.73. The fourth-order valence-electron chi connectivity index (χ4n) is 4.44. The Labute approximate surface area is 213 Å². The molecule has 0 fully saturated rings. The number of rotatable bonds is 15. The lowest BCUT2D eigenvalue weighted by Crippen LogP contribution is -2.26. The topological polar surface area (TPSA) is 0 Å². The summed E-state index contributed by atoms with van der Waals surface area (Å²) in [4.78, 5) is 0. The van der Waals surface area contributed by atoms with Crippen molar-refractivity contribution in [1.82, 2.24) is 0 Å². The Morgan fingerprint density at radius 1 is 0.529 bits per heavy atom. The summed E-state index contributed by atoms with van der Waals surface area (Å²) in [5, 5.41) is 0. The summed E-state index contributed by atoms with van der Waals surface area (Å²) in [6.45, 7) is 30.5. The molecule has 0 aliphatic carbocycles. The molecule has 0 saturated heterocycles. The van der Waals surface area contributed by atoms with E-state index >= 15 is 0 Å². The molecule has 0 aromatic heterocycles. The minimum atomic E-state index is 0.410. The summed E-state index contributed by atoms with van der Waals surface area (Å²) in [5.74, 6) is 1.85. The van der Waals surface area contributed by atoms with Crippen LogP contribution >= 0.6 is 0 Å². The molecule has 0 aliphatic rings. The van der Waals surface area contributed by atoms with E-state index in [4.69, 9.17) is 0 Å². The molecule has 0 spiro atoms. The van der Waals surface area contributed by atoms with Crippen LogP contribution in [0.15, 0.2) is 95.2 Å². The molecule has 0 aliphatic heterocycles. The van der Waals surface area contributed by atoms with E-state index in [0.717, 1.165) is 25.7 Å². The van der Waals surface area contributed by atoms with Crippen LogP contribution in [0.5, 0.6) is 0 Å². The standard InChI is InChI=1S/C34H54/c1-13-15-29(11)31(22-18-26(5)6)34(24-20-28(9)10)33(16-14-2)32(23-19-27(7)8)30(12)21-17-25(3)4/h13-14,17-21,24,29,31-33H,1-2,15-16,22-23H2,3-12H3. The van der Waals surface area contributed by atoms with Gasteiger partial charge in [0.05, 0.1) is 0 Å². The van der Waals surface area contributed by atoms with Gasteiger partial charge in [0.25, 0.3) is 0 Å². The van der Waals surface area contributed by atoms with E-state index in [1.165, 1.54) is 27.9 Å². The first kappa shape index (κ1) is 31.9. The predicted molar refractivity (Wildman–Crippen MR) is 158 cm³/mol. The van der Waals surface area contributed by atoms with E-state index in [9.17, 15) is 0 Å². The zero-order valence-corrected chi connectivity index (χ0v) is 24.2. The number of allylic oxidation sites excluding steroid dienone is 14. The Bertz CT molecular complexity index is 802. The van der Waals surface area contributed by atoms with Gasteiger partial charge in [0.15, 0.2) is 0 Å². The van der Waals surface area contributed by atoms with E-state index in [0.29, 0.717) is 23.7 Å². The van der Waals surface area contributed by atoms with Gasteiger partial charge in [-0.1, -0.05) is 89.0 Å². The highest BCUT2D eigenvalue weighted by Gasteiger charge is 2.31. The van der Waals surface area contributed by atoms with Crippen molar-refractivity contribution >= 4 is 0 Å². The van der Waals surface area contributed by atoms with Gasteiger partial charge in [0, 0.05) is 0 Å². The average molecular weight is 463 g/mol. The van der Waals surface area contributed by atoms with Crippen LogP contribution in [-0.4, -0.2) is 0 Å². The summed E-state index contributed by atoms with van der Waals surface area (Å²) in [6.07, 6.45) is 22.5. The molecular formula is C34H54. The zero-order chi connectivity index (χ0) is 26.3. The van der Waals surface area contributed by atoms with Gasteiger partial charge in [0.1, 0.15) is 0 Å². The first-order valence-electron chi connectivity index (χ1n) is 13.1. The molecule has 0 nitrogen and oxygen atoms in total. The maximum atomic E-state index is 4.19. The fraction of sp³-hybridized carbons (Fsp3) is 0.529. The minimum Gasteiger partial charge on any atom is -0.103 e. The summed E-state index contributed by atoms with van der Waals surface area (Å²) in [5.41, 5.74) is 8.45. The molecule has 4 atom stereocenters. The molecule has 0 amide bonds. The van der Waals surface area contributed by atoms with Gasteiger partial charge in [-0.3, -0.25) is 0 Å². The van der Waals surface area contributed by atoms with E-state index < -0.39 is 0 Å². The minimum absolute atomic E-state index is 0.410. The van der Waals surface area contributed by atoms with E-state index in [1.54, 1.807) is 5.57 Å². The van der Waals surface area contributed by atoms with E-state index in [-0.39, 0.29) is 0 Å². The normalized spacial score (nSPS) is 15.4. The van der Waals surface area contributed by atoms with Crippen molar-refractivity contribution in [2.24, 2.45) is 23.7 Å². The Balaban J connectivity index is 6.97. The molecule has 190 valence electrons. The van der Waals surface area contributed by atoms with E-state index in [2.05, 4.69) is 131 Å². The van der Waals surface area contributed by atoms with Gasteiger partial charge in [-0.15, -0.1) is 13.2 Å². The second kappa shape index (κ2) is 17.4. The molecule has 0 N–H and O–H groups in total. The fourth-order valence-corrected chi connectivity index (χ4v) is 4.44. The van der Waals surface area contributed by atoms with Crippen LogP contribution in [0.3, 0.4) is 0 Å². The van der Waals surface area contributed by atoms with Crippen molar-refractivity contribution in [1.29, 1.82) is 0 Å². The number of hydrogen-bond acceptors (Lipinski definition) is 0. The number of hydrogen-bond donors (Lipinski definition) is 0. The summed E-state index contributed by atoms with van der Waals surface area (Å²) in [6, 6.07) is 0. The third kappa shape index (κ3) is 13.0. The molecule has 0 saturated carbocycles. The van der Waals surface area contributed by atoms with Crippen molar-refractivity contribution < 1.29 is 0 Å². The first-order chi connectivity index (χ1) is 15.9. The van der Waals surface area contributed by atoms with Gasteiger partial charge in [0.2, 0.25) is 0 Å². The van der Waals surface area contributed by atoms with Gasteiger partial charge in [-0.25, -0.2) is 0 Å². The van der Waals surface area contributed by atoms with Crippen LogP contribution in [0.25, 0.3) is 0 Å². The van der Waals surface area contributed by atoms with Crippen LogP contribution in [0, 0.1) is 23.7 Å². The smallest absolute Gasteiger partial charge is 0.00940 e. The highest BCUT2D eigenvalue weighted by atomic mass is 14.3. The van der Waals surface area contributed by atoms with Crippen LogP contribution in [0.2, 0.25) is 0 Å². The molecule has 0 heteroatoms. The predicted octanol–water partition coefficient (Wildman–Crippen LogP) is 11.1. The van der Waals surface area contributed by atoms with Gasteiger partial charge in [-0.05, 0) is 112 Å². The Morgan fingerprint density at radius 2 is 1.00 bits per heavy atom. The van der Waals surface area contributed by atoms with Crippen molar-refractivity contribution in [2.45, 2.75) is 94.9 Å². The van der Waals surface area contributed by atoms with Crippen LogP contribution in [0.4, 0.5) is 0 Å². The molecule has 4 unspecified atom stereocenters. The van der Waals surface area contributed by atoms with Crippen molar-refractivity contribution in [2.75, 3.05) is 0 Å². The van der Waals surface area contributed by atoms with Crippen molar-refractivity contribution in [3.8, 4) is 0 Å². The maximum Gasteiger partial charge on any atom is -0.00940 e. The Hall–Kier alpha value is -2.08. The van der Waals surface area contributed by atoms with Gasteiger partial charge >= 0.3 is 0 Å². The Morgan fingerprint density at radius 3 is 1.44 bits per heavy atom. The Kier molecular flexibility index (Phi) is 16.3. The largest absolute Gasteiger partial charge is 0.103 e. The molecule has 34 heavy (non-hydrogen) atoms. The second-order valence-corrected chi connectivity index (χ2v) is 10.9. The van der Waals surface area contributed by atoms with Crippen LogP contribution < -0.4 is 0 Å². The van der Waals surface area contributed by atoms with Crippen molar-refractivity contribution in [3.05, 3.63) is 95.2 Å².